The lowest BCUT2D eigenvalue weighted by molar-refractivity contribution is 0.252. The van der Waals surface area contributed by atoms with Crippen molar-refractivity contribution in [2.75, 3.05) is 0 Å². The molecular weight excluding hydrogens is 216 g/mol. The Morgan fingerprint density at radius 1 is 1.00 bits per heavy atom. The van der Waals surface area contributed by atoms with Crippen LogP contribution in [0, 0.1) is 24.2 Å². The maximum Gasteiger partial charge on any atom is -0.0245 e. The van der Waals surface area contributed by atoms with E-state index in [0.717, 1.165) is 17.8 Å². The molecule has 3 rings (SSSR count). The van der Waals surface area contributed by atoms with Crippen molar-refractivity contribution in [2.24, 2.45) is 17.8 Å². The fraction of sp³-hybridized carbons (Fsp3) is 0.611. The monoisotopic (exact) mass is 241 g/mol. The summed E-state index contributed by atoms with van der Waals surface area (Å²) in [5.41, 5.74) is 6.51. The number of fused-ring (bicyclic) bond motifs is 2. The fourth-order valence-electron chi connectivity index (χ4n) is 3.70. The van der Waals surface area contributed by atoms with Gasteiger partial charge in [-0.15, -0.1) is 0 Å². The Bertz CT molecular complexity index is 442. The Morgan fingerprint density at radius 3 is 2.33 bits per heavy atom. The molecule has 0 N–H and O–H groups in total. The normalized spacial score (nSPS) is 23.9. The highest BCUT2D eigenvalue weighted by atomic mass is 14.3. The second-order valence-electron chi connectivity index (χ2n) is 6.69. The lowest BCUT2D eigenvalue weighted by atomic mass is 9.73. The highest BCUT2D eigenvalue weighted by Crippen LogP contribution is 2.36. The summed E-state index contributed by atoms with van der Waals surface area (Å²) in [6, 6.07) is 5.03. The summed E-state index contributed by atoms with van der Waals surface area (Å²) in [6.07, 6.45) is 8.85. The van der Waals surface area contributed by atoms with Crippen LogP contribution in [-0.4, -0.2) is 0 Å². The van der Waals surface area contributed by atoms with E-state index in [2.05, 4.69) is 39.3 Å². The second-order valence-corrected chi connectivity index (χ2v) is 6.69. The van der Waals surface area contributed by atoms with Gasteiger partial charge in [-0.2, -0.15) is 12.8 Å². The van der Waals surface area contributed by atoms with E-state index in [4.69, 9.17) is 0 Å². The van der Waals surface area contributed by atoms with Crippen molar-refractivity contribution in [2.45, 2.75) is 52.9 Å². The van der Waals surface area contributed by atoms with Crippen molar-refractivity contribution in [1.82, 2.24) is 0 Å². The summed E-state index contributed by atoms with van der Waals surface area (Å²) in [6.45, 7) is 7.19. The Morgan fingerprint density at radius 2 is 1.67 bits per heavy atom. The van der Waals surface area contributed by atoms with E-state index >= 15 is 0 Å². The van der Waals surface area contributed by atoms with Crippen molar-refractivity contribution in [3.63, 3.8) is 0 Å². The number of hydrogen-bond acceptors (Lipinski definition) is 0. The molecule has 18 heavy (non-hydrogen) atoms. The van der Waals surface area contributed by atoms with Crippen LogP contribution in [0.1, 0.15) is 49.4 Å². The fourth-order valence-corrected chi connectivity index (χ4v) is 3.70. The van der Waals surface area contributed by atoms with Crippen molar-refractivity contribution in [3.05, 3.63) is 40.8 Å². The van der Waals surface area contributed by atoms with Gasteiger partial charge in [0.15, 0.2) is 0 Å². The Balaban J connectivity index is 1.84. The minimum atomic E-state index is 0.819. The predicted molar refractivity (Wildman–Crippen MR) is 77.7 cm³/mol. The first kappa shape index (κ1) is 12.3. The molecule has 0 radical (unpaired) electrons. The van der Waals surface area contributed by atoms with Gasteiger partial charge < -0.3 is 6.42 Å². The number of benzene rings is 1. The van der Waals surface area contributed by atoms with Crippen molar-refractivity contribution in [3.8, 4) is 0 Å². The molecule has 1 aromatic rings. The molecule has 0 nitrogen and oxygen atoms in total. The maximum absolute atomic E-state index is 2.52. The molecule has 98 valence electrons. The molecule has 0 aromatic heterocycles. The first-order chi connectivity index (χ1) is 8.65. The lowest BCUT2D eigenvalue weighted by Gasteiger charge is -2.32. The molecule has 2 aliphatic carbocycles. The molecule has 1 aromatic carbocycles. The van der Waals surface area contributed by atoms with Gasteiger partial charge >= 0.3 is 0 Å². The smallest absolute Gasteiger partial charge is 0.0245 e. The SMILES string of the molecule is CC(C)C(C)C1CCc2cc3c(cc2C1)C[CH-]C3. The molecule has 2 atom stereocenters. The molecule has 0 bridgehead atoms. The van der Waals surface area contributed by atoms with Crippen molar-refractivity contribution in [1.29, 1.82) is 0 Å². The standard InChI is InChI=1S/C18H25/c1-12(2)13(3)14-7-8-17-10-15-5-4-6-16(15)11-18(17)9-14/h4,10-14H,5-9H2,1-3H3/q-1. The Hall–Kier alpha value is -0.780. The first-order valence-corrected chi connectivity index (χ1v) is 7.60. The molecule has 0 saturated carbocycles. The molecule has 0 aliphatic heterocycles. The van der Waals surface area contributed by atoms with Gasteiger partial charge in [0.25, 0.3) is 0 Å². The Kier molecular flexibility index (Phi) is 3.21. The third-order valence-electron chi connectivity index (χ3n) is 5.31. The van der Waals surface area contributed by atoms with Crippen molar-refractivity contribution >= 4 is 0 Å². The summed E-state index contributed by atoms with van der Waals surface area (Å²) >= 11 is 0. The molecule has 0 spiro atoms. The van der Waals surface area contributed by atoms with Gasteiger partial charge in [-0.25, -0.2) is 0 Å². The van der Waals surface area contributed by atoms with E-state index in [1.54, 1.807) is 22.3 Å². The highest BCUT2D eigenvalue weighted by molar-refractivity contribution is 5.44. The molecule has 0 fully saturated rings. The van der Waals surface area contributed by atoms with Crippen LogP contribution in [0.5, 0.6) is 0 Å². The zero-order valence-electron chi connectivity index (χ0n) is 12.0. The van der Waals surface area contributed by atoms with E-state index in [0.29, 0.717) is 0 Å². The average Bonchev–Trinajstić information content (AvgIpc) is 2.81. The van der Waals surface area contributed by atoms with E-state index in [1.807, 2.05) is 0 Å². The molecule has 0 amide bonds. The van der Waals surface area contributed by atoms with Crippen LogP contribution in [0.25, 0.3) is 0 Å². The molecule has 0 saturated heterocycles. The average molecular weight is 241 g/mol. The number of rotatable bonds is 2. The minimum Gasteiger partial charge on any atom is -0.320 e. The van der Waals surface area contributed by atoms with Gasteiger partial charge in [-0.3, -0.25) is 0 Å². The van der Waals surface area contributed by atoms with Crippen LogP contribution in [0.15, 0.2) is 12.1 Å². The van der Waals surface area contributed by atoms with Crippen LogP contribution in [0.3, 0.4) is 0 Å². The summed E-state index contributed by atoms with van der Waals surface area (Å²) in [5, 5.41) is 0. The zero-order chi connectivity index (χ0) is 12.7. The van der Waals surface area contributed by atoms with Gasteiger partial charge in [-0.1, -0.05) is 44.0 Å². The van der Waals surface area contributed by atoms with E-state index in [-0.39, 0.29) is 0 Å². The third-order valence-corrected chi connectivity index (χ3v) is 5.31. The van der Waals surface area contributed by atoms with Crippen LogP contribution < -0.4 is 0 Å². The molecule has 2 aliphatic rings. The largest absolute Gasteiger partial charge is 0.320 e. The van der Waals surface area contributed by atoms with Crippen LogP contribution in [0.2, 0.25) is 0 Å². The summed E-state index contributed by atoms with van der Waals surface area (Å²) in [5.74, 6) is 2.58. The molecular formula is C18H25-. The van der Waals surface area contributed by atoms with Gasteiger partial charge in [0.2, 0.25) is 0 Å². The predicted octanol–water partition coefficient (Wildman–Crippen LogP) is 4.39. The quantitative estimate of drug-likeness (QED) is 0.674. The van der Waals surface area contributed by atoms with Crippen LogP contribution in [-0.2, 0) is 25.7 Å². The summed E-state index contributed by atoms with van der Waals surface area (Å²) < 4.78 is 0. The topological polar surface area (TPSA) is 0 Å². The number of hydrogen-bond donors (Lipinski definition) is 0. The molecule has 2 unspecified atom stereocenters. The van der Waals surface area contributed by atoms with Gasteiger partial charge in [0.1, 0.15) is 0 Å². The van der Waals surface area contributed by atoms with Gasteiger partial charge in [0, 0.05) is 0 Å². The lowest BCUT2D eigenvalue weighted by Crippen LogP contribution is -2.24. The maximum atomic E-state index is 2.52. The van der Waals surface area contributed by atoms with E-state index < -0.39 is 0 Å². The number of aryl methyl sites for hydroxylation is 1. The summed E-state index contributed by atoms with van der Waals surface area (Å²) in [4.78, 5) is 0. The van der Waals surface area contributed by atoms with Crippen LogP contribution in [0.4, 0.5) is 0 Å². The van der Waals surface area contributed by atoms with E-state index in [1.165, 1.54) is 32.1 Å². The summed E-state index contributed by atoms with van der Waals surface area (Å²) in [7, 11) is 0. The first-order valence-electron chi connectivity index (χ1n) is 7.60. The van der Waals surface area contributed by atoms with Gasteiger partial charge in [0.05, 0.1) is 0 Å². The van der Waals surface area contributed by atoms with Crippen molar-refractivity contribution < 1.29 is 0 Å². The molecule has 0 heterocycles. The second kappa shape index (κ2) is 4.72. The van der Waals surface area contributed by atoms with Crippen LogP contribution >= 0.6 is 0 Å². The Labute approximate surface area is 112 Å². The van der Waals surface area contributed by atoms with E-state index in [9.17, 15) is 0 Å². The van der Waals surface area contributed by atoms with Gasteiger partial charge in [-0.05, 0) is 48.1 Å². The minimum absolute atomic E-state index is 0.819. The zero-order valence-corrected chi connectivity index (χ0v) is 12.0. The highest BCUT2D eigenvalue weighted by Gasteiger charge is 2.25. The third kappa shape index (κ3) is 2.11. The molecule has 0 heteroatoms.